The Kier molecular flexibility index (Phi) is 7.49. The normalized spacial score (nSPS) is 19.6. The summed E-state index contributed by atoms with van der Waals surface area (Å²) in [6.45, 7) is 7.28. The average Bonchev–Trinajstić information content (AvgIpc) is 2.30. The van der Waals surface area contributed by atoms with E-state index in [-0.39, 0.29) is 0 Å². The molecule has 3 heteroatoms. The number of thioether (sulfide) groups is 1. The van der Waals surface area contributed by atoms with Gasteiger partial charge in [-0.3, -0.25) is 0 Å². The lowest BCUT2D eigenvalue weighted by molar-refractivity contribution is 0.206. The van der Waals surface area contributed by atoms with Gasteiger partial charge in [-0.2, -0.15) is 11.8 Å². The molecule has 0 atom stereocenters. The van der Waals surface area contributed by atoms with E-state index in [2.05, 4.69) is 23.4 Å². The molecule has 0 spiro atoms. The fourth-order valence-corrected chi connectivity index (χ4v) is 2.62. The van der Waals surface area contributed by atoms with Gasteiger partial charge in [-0.15, -0.1) is 0 Å². The Morgan fingerprint density at radius 2 is 2.00 bits per heavy atom. The molecule has 1 heterocycles. The van der Waals surface area contributed by atoms with E-state index in [0.717, 1.165) is 6.04 Å². The van der Waals surface area contributed by atoms with Crippen molar-refractivity contribution in [3.05, 3.63) is 0 Å². The van der Waals surface area contributed by atoms with Crippen LogP contribution in [0, 0.1) is 0 Å². The van der Waals surface area contributed by atoms with E-state index in [9.17, 15) is 0 Å². The molecular formula is C12H26N2S. The molecule has 1 N–H and O–H groups in total. The summed E-state index contributed by atoms with van der Waals surface area (Å²) >= 11 is 1.96. The summed E-state index contributed by atoms with van der Waals surface area (Å²) in [5, 5.41) is 3.69. The fourth-order valence-electron chi connectivity index (χ4n) is 2.13. The molecule has 1 fully saturated rings. The van der Waals surface area contributed by atoms with Gasteiger partial charge in [0.1, 0.15) is 0 Å². The van der Waals surface area contributed by atoms with Crippen molar-refractivity contribution >= 4 is 11.8 Å². The number of rotatable bonds is 7. The Bertz CT molecular complexity index is 145. The van der Waals surface area contributed by atoms with Gasteiger partial charge < -0.3 is 10.2 Å². The maximum Gasteiger partial charge on any atom is 0.00914 e. The Morgan fingerprint density at radius 3 is 2.60 bits per heavy atom. The van der Waals surface area contributed by atoms with Crippen LogP contribution in [0.15, 0.2) is 0 Å². The molecule has 15 heavy (non-hydrogen) atoms. The summed E-state index contributed by atoms with van der Waals surface area (Å²) in [4.78, 5) is 2.55. The van der Waals surface area contributed by atoms with Gasteiger partial charge in [0, 0.05) is 6.04 Å². The quantitative estimate of drug-likeness (QED) is 0.675. The average molecular weight is 230 g/mol. The summed E-state index contributed by atoms with van der Waals surface area (Å²) in [5.41, 5.74) is 0. The predicted molar refractivity (Wildman–Crippen MR) is 70.8 cm³/mol. The van der Waals surface area contributed by atoms with Crippen molar-refractivity contribution in [1.82, 2.24) is 10.2 Å². The SMILES string of the molecule is CCN1CCC(NCCCCSC)CC1. The third kappa shape index (κ3) is 5.79. The number of hydrogen-bond acceptors (Lipinski definition) is 3. The highest BCUT2D eigenvalue weighted by atomic mass is 32.2. The highest BCUT2D eigenvalue weighted by Gasteiger charge is 2.16. The van der Waals surface area contributed by atoms with Crippen molar-refractivity contribution in [1.29, 1.82) is 0 Å². The van der Waals surface area contributed by atoms with E-state index in [4.69, 9.17) is 0 Å². The van der Waals surface area contributed by atoms with Gasteiger partial charge in [0.2, 0.25) is 0 Å². The zero-order chi connectivity index (χ0) is 10.9. The van der Waals surface area contributed by atoms with Crippen LogP contribution in [0.2, 0.25) is 0 Å². The van der Waals surface area contributed by atoms with Crippen LogP contribution in [-0.4, -0.2) is 49.1 Å². The van der Waals surface area contributed by atoms with E-state index >= 15 is 0 Å². The highest BCUT2D eigenvalue weighted by Crippen LogP contribution is 2.09. The summed E-state index contributed by atoms with van der Waals surface area (Å²) in [6.07, 6.45) is 7.58. The number of likely N-dealkylation sites (tertiary alicyclic amines) is 1. The second-order valence-corrected chi connectivity index (χ2v) is 5.35. The lowest BCUT2D eigenvalue weighted by Crippen LogP contribution is -2.42. The molecule has 0 amide bonds. The summed E-state index contributed by atoms with van der Waals surface area (Å²) < 4.78 is 0. The van der Waals surface area contributed by atoms with Crippen molar-refractivity contribution in [2.75, 3.05) is 38.2 Å². The highest BCUT2D eigenvalue weighted by molar-refractivity contribution is 7.98. The molecule has 90 valence electrons. The molecular weight excluding hydrogens is 204 g/mol. The summed E-state index contributed by atoms with van der Waals surface area (Å²) in [6, 6.07) is 0.794. The maximum atomic E-state index is 3.69. The first kappa shape index (κ1) is 13.3. The van der Waals surface area contributed by atoms with Crippen LogP contribution in [0.3, 0.4) is 0 Å². The monoisotopic (exact) mass is 230 g/mol. The van der Waals surface area contributed by atoms with Gasteiger partial charge in [-0.05, 0) is 63.9 Å². The largest absolute Gasteiger partial charge is 0.314 e. The van der Waals surface area contributed by atoms with Gasteiger partial charge in [-0.25, -0.2) is 0 Å². The Morgan fingerprint density at radius 1 is 1.27 bits per heavy atom. The molecule has 2 nitrogen and oxygen atoms in total. The lowest BCUT2D eigenvalue weighted by atomic mass is 10.1. The fraction of sp³-hybridized carbons (Fsp3) is 1.00. The Labute approximate surface area is 99.2 Å². The Hall–Kier alpha value is 0.270. The topological polar surface area (TPSA) is 15.3 Å². The zero-order valence-electron chi connectivity index (χ0n) is 10.3. The number of hydrogen-bond donors (Lipinski definition) is 1. The van der Waals surface area contributed by atoms with E-state index in [1.165, 1.54) is 57.6 Å². The molecule has 1 aliphatic heterocycles. The van der Waals surface area contributed by atoms with E-state index in [1.54, 1.807) is 0 Å². The second-order valence-electron chi connectivity index (χ2n) is 4.36. The first-order chi connectivity index (χ1) is 7.36. The molecule has 0 aromatic heterocycles. The minimum absolute atomic E-state index is 0.794. The first-order valence-electron chi connectivity index (χ1n) is 6.31. The van der Waals surface area contributed by atoms with Gasteiger partial charge in [-0.1, -0.05) is 6.92 Å². The molecule has 1 saturated heterocycles. The van der Waals surface area contributed by atoms with Crippen LogP contribution in [-0.2, 0) is 0 Å². The number of nitrogens with one attached hydrogen (secondary N) is 1. The van der Waals surface area contributed by atoms with Crippen LogP contribution in [0.1, 0.15) is 32.6 Å². The third-order valence-corrected chi connectivity index (χ3v) is 3.94. The molecule has 0 aliphatic carbocycles. The molecule has 0 radical (unpaired) electrons. The predicted octanol–water partition coefficient (Wildman–Crippen LogP) is 2.20. The molecule has 0 unspecified atom stereocenters. The third-order valence-electron chi connectivity index (χ3n) is 3.24. The van der Waals surface area contributed by atoms with E-state index < -0.39 is 0 Å². The summed E-state index contributed by atoms with van der Waals surface area (Å²) in [7, 11) is 0. The maximum absolute atomic E-state index is 3.69. The molecule has 0 bridgehead atoms. The first-order valence-corrected chi connectivity index (χ1v) is 7.71. The van der Waals surface area contributed by atoms with Crippen LogP contribution in [0.25, 0.3) is 0 Å². The Balaban J connectivity index is 1.94. The van der Waals surface area contributed by atoms with E-state index in [0.29, 0.717) is 0 Å². The molecule has 0 aromatic carbocycles. The zero-order valence-corrected chi connectivity index (χ0v) is 11.1. The van der Waals surface area contributed by atoms with Crippen molar-refractivity contribution < 1.29 is 0 Å². The second kappa shape index (κ2) is 8.43. The summed E-state index contributed by atoms with van der Waals surface area (Å²) in [5.74, 6) is 1.32. The van der Waals surface area contributed by atoms with Crippen LogP contribution >= 0.6 is 11.8 Å². The van der Waals surface area contributed by atoms with Gasteiger partial charge >= 0.3 is 0 Å². The van der Waals surface area contributed by atoms with Crippen molar-refractivity contribution in [2.45, 2.75) is 38.6 Å². The lowest BCUT2D eigenvalue weighted by Gasteiger charge is -2.31. The number of unbranched alkanes of at least 4 members (excludes halogenated alkanes) is 1. The van der Waals surface area contributed by atoms with Crippen molar-refractivity contribution in [3.8, 4) is 0 Å². The van der Waals surface area contributed by atoms with E-state index in [1.807, 2.05) is 11.8 Å². The van der Waals surface area contributed by atoms with Crippen LogP contribution in [0.4, 0.5) is 0 Å². The van der Waals surface area contributed by atoms with Crippen LogP contribution < -0.4 is 5.32 Å². The number of piperidine rings is 1. The molecule has 1 rings (SSSR count). The molecule has 0 saturated carbocycles. The van der Waals surface area contributed by atoms with Crippen molar-refractivity contribution in [3.63, 3.8) is 0 Å². The number of nitrogens with zero attached hydrogens (tertiary/aromatic N) is 1. The van der Waals surface area contributed by atoms with Crippen molar-refractivity contribution in [2.24, 2.45) is 0 Å². The molecule has 0 aromatic rings. The van der Waals surface area contributed by atoms with Gasteiger partial charge in [0.15, 0.2) is 0 Å². The molecule has 1 aliphatic rings. The van der Waals surface area contributed by atoms with Gasteiger partial charge in [0.25, 0.3) is 0 Å². The van der Waals surface area contributed by atoms with Crippen LogP contribution in [0.5, 0.6) is 0 Å². The minimum Gasteiger partial charge on any atom is -0.314 e. The van der Waals surface area contributed by atoms with Gasteiger partial charge in [0.05, 0.1) is 0 Å². The minimum atomic E-state index is 0.794. The smallest absolute Gasteiger partial charge is 0.00914 e. The standard InChI is InChI=1S/C12H26N2S/c1-3-14-9-6-12(7-10-14)13-8-4-5-11-15-2/h12-13H,3-11H2,1-2H3.